The second-order valence-corrected chi connectivity index (χ2v) is 7.68. The van der Waals surface area contributed by atoms with Crippen LogP contribution in [0, 0.1) is 13.8 Å². The Morgan fingerprint density at radius 3 is 2.69 bits per heavy atom. The van der Waals surface area contributed by atoms with Crippen molar-refractivity contribution in [3.63, 3.8) is 0 Å². The molecule has 0 radical (unpaired) electrons. The van der Waals surface area contributed by atoms with E-state index in [1.165, 1.54) is 5.56 Å². The van der Waals surface area contributed by atoms with Gasteiger partial charge < -0.3 is 14.2 Å². The average molecular weight is 374 g/mol. The van der Waals surface area contributed by atoms with Crippen molar-refractivity contribution < 1.29 is 9.21 Å². The van der Waals surface area contributed by atoms with Crippen LogP contribution in [0.4, 0.5) is 0 Å². The molecule has 0 N–H and O–H groups in total. The second kappa shape index (κ2) is 8.73. The van der Waals surface area contributed by atoms with Gasteiger partial charge in [0.25, 0.3) is 0 Å². The van der Waals surface area contributed by atoms with E-state index < -0.39 is 0 Å². The van der Waals surface area contributed by atoms with Gasteiger partial charge in [-0.05, 0) is 32.5 Å². The summed E-state index contributed by atoms with van der Waals surface area (Å²) in [5.41, 5.74) is 3.10. The van der Waals surface area contributed by atoms with Gasteiger partial charge in [-0.25, -0.2) is 4.98 Å². The highest BCUT2D eigenvalue weighted by Crippen LogP contribution is 2.25. The molecule has 1 saturated heterocycles. The smallest absolute Gasteiger partial charge is 0.232 e. The molecule has 6 heteroatoms. The van der Waals surface area contributed by atoms with Gasteiger partial charge in [-0.1, -0.05) is 24.6 Å². The van der Waals surface area contributed by atoms with Gasteiger partial charge in [-0.15, -0.1) is 11.8 Å². The van der Waals surface area contributed by atoms with Gasteiger partial charge in [0.2, 0.25) is 11.8 Å². The first-order chi connectivity index (χ1) is 12.6. The average Bonchev–Trinajstić information content (AvgIpc) is 3.02. The molecule has 140 valence electrons. The number of aryl methyl sites for hydroxylation is 2. The monoisotopic (exact) mass is 373 g/mol. The zero-order chi connectivity index (χ0) is 18.5. The summed E-state index contributed by atoms with van der Waals surface area (Å²) < 4.78 is 5.83. The Hall–Kier alpha value is -1.79. The zero-order valence-electron chi connectivity index (χ0n) is 15.8. The maximum atomic E-state index is 12.4. The maximum Gasteiger partial charge on any atom is 0.232 e. The van der Waals surface area contributed by atoms with Crippen LogP contribution in [0.5, 0.6) is 0 Å². The Balaban J connectivity index is 1.51. The topological polar surface area (TPSA) is 49.6 Å². The van der Waals surface area contributed by atoms with Crippen molar-refractivity contribution in [3.8, 4) is 11.5 Å². The third kappa shape index (κ3) is 4.68. The molecular weight excluding hydrogens is 346 g/mol. The zero-order valence-corrected chi connectivity index (χ0v) is 16.6. The number of carbonyl (C=O) groups excluding carboxylic acids is 1. The quantitative estimate of drug-likeness (QED) is 0.777. The first-order valence-corrected chi connectivity index (χ1v) is 10.3. The molecule has 0 spiro atoms. The molecule has 26 heavy (non-hydrogen) atoms. The number of nitrogens with zero attached hydrogens (tertiary/aromatic N) is 3. The van der Waals surface area contributed by atoms with Crippen LogP contribution in [-0.4, -0.2) is 59.2 Å². The highest BCUT2D eigenvalue weighted by molar-refractivity contribution is 7.99. The van der Waals surface area contributed by atoms with Gasteiger partial charge in [-0.2, -0.15) is 0 Å². The summed E-state index contributed by atoms with van der Waals surface area (Å²) in [6.45, 7) is 10.9. The normalized spacial score (nSPS) is 15.4. The molecule has 0 atom stereocenters. The van der Waals surface area contributed by atoms with Crippen LogP contribution >= 0.6 is 11.8 Å². The number of aromatic nitrogens is 1. The van der Waals surface area contributed by atoms with Gasteiger partial charge in [-0.3, -0.25) is 4.79 Å². The molecule has 2 aromatic rings. The van der Waals surface area contributed by atoms with E-state index in [9.17, 15) is 4.79 Å². The highest BCUT2D eigenvalue weighted by atomic mass is 32.2. The number of likely N-dealkylation sites (N-methyl/N-ethyl adjacent to an activating group) is 1. The van der Waals surface area contributed by atoms with E-state index in [0.29, 0.717) is 17.4 Å². The van der Waals surface area contributed by atoms with Crippen LogP contribution in [0.3, 0.4) is 0 Å². The van der Waals surface area contributed by atoms with Crippen LogP contribution in [-0.2, 0) is 10.5 Å². The Labute approximate surface area is 159 Å². The minimum Gasteiger partial charge on any atom is -0.441 e. The third-order valence-corrected chi connectivity index (χ3v) is 5.72. The van der Waals surface area contributed by atoms with Crippen molar-refractivity contribution >= 4 is 17.7 Å². The summed E-state index contributed by atoms with van der Waals surface area (Å²) in [5, 5.41) is 0. The van der Waals surface area contributed by atoms with E-state index in [4.69, 9.17) is 4.42 Å². The number of oxazole rings is 1. The molecule has 1 aliphatic heterocycles. The number of carbonyl (C=O) groups is 1. The molecule has 0 aliphatic carbocycles. The Kier molecular flexibility index (Phi) is 6.38. The van der Waals surface area contributed by atoms with Crippen LogP contribution < -0.4 is 0 Å². The summed E-state index contributed by atoms with van der Waals surface area (Å²) in [7, 11) is 0. The molecule has 5 nitrogen and oxygen atoms in total. The predicted molar refractivity (Wildman–Crippen MR) is 106 cm³/mol. The predicted octanol–water partition coefficient (Wildman–Crippen LogP) is 3.36. The van der Waals surface area contributed by atoms with E-state index in [1.54, 1.807) is 11.8 Å². The third-order valence-electron chi connectivity index (χ3n) is 4.79. The van der Waals surface area contributed by atoms with Crippen molar-refractivity contribution in [2.45, 2.75) is 26.5 Å². The summed E-state index contributed by atoms with van der Waals surface area (Å²) in [5.74, 6) is 2.91. The minimum atomic E-state index is 0.228. The number of thioether (sulfide) groups is 1. The van der Waals surface area contributed by atoms with Crippen molar-refractivity contribution in [2.75, 3.05) is 38.5 Å². The number of amides is 1. The largest absolute Gasteiger partial charge is 0.441 e. The number of rotatable bonds is 6. The Morgan fingerprint density at radius 1 is 1.23 bits per heavy atom. The molecule has 1 aromatic heterocycles. The lowest BCUT2D eigenvalue weighted by Gasteiger charge is -2.34. The van der Waals surface area contributed by atoms with Crippen molar-refractivity contribution in [1.82, 2.24) is 14.8 Å². The molecule has 1 aromatic carbocycles. The Bertz CT molecular complexity index is 751. The molecular formula is C20H27N3O2S. The van der Waals surface area contributed by atoms with Gasteiger partial charge in [0.15, 0.2) is 0 Å². The van der Waals surface area contributed by atoms with Gasteiger partial charge >= 0.3 is 0 Å². The molecule has 1 aliphatic rings. The fourth-order valence-electron chi connectivity index (χ4n) is 3.10. The maximum absolute atomic E-state index is 12.4. The van der Waals surface area contributed by atoms with Crippen LogP contribution in [0.2, 0.25) is 0 Å². The number of hydrogen-bond acceptors (Lipinski definition) is 5. The molecule has 0 unspecified atom stereocenters. The summed E-state index contributed by atoms with van der Waals surface area (Å²) in [6.07, 6.45) is 0. The van der Waals surface area contributed by atoms with Gasteiger partial charge in [0, 0.05) is 37.5 Å². The number of hydrogen-bond donors (Lipinski definition) is 0. The molecule has 0 bridgehead atoms. The number of piperazine rings is 1. The lowest BCUT2D eigenvalue weighted by atomic mass is 10.1. The number of benzene rings is 1. The van der Waals surface area contributed by atoms with Crippen molar-refractivity contribution in [3.05, 3.63) is 41.3 Å². The molecule has 1 amide bonds. The van der Waals surface area contributed by atoms with E-state index in [2.05, 4.69) is 35.9 Å². The SMILES string of the molecule is CCN1CCN(C(=O)CSCc2nc(-c3cccc(C)c3)oc2C)CC1. The van der Waals surface area contributed by atoms with Crippen LogP contribution in [0.1, 0.15) is 23.9 Å². The van der Waals surface area contributed by atoms with Gasteiger partial charge in [0.05, 0.1) is 11.4 Å². The van der Waals surface area contributed by atoms with E-state index in [1.807, 2.05) is 24.0 Å². The van der Waals surface area contributed by atoms with E-state index in [-0.39, 0.29) is 5.91 Å². The van der Waals surface area contributed by atoms with Gasteiger partial charge in [0.1, 0.15) is 5.76 Å². The standard InChI is InChI=1S/C20H27N3O2S/c1-4-22-8-10-23(11-9-22)19(24)14-26-13-18-16(3)25-20(21-18)17-7-5-6-15(2)12-17/h5-7,12H,4,8-11,13-14H2,1-3H3. The Morgan fingerprint density at radius 2 is 2.00 bits per heavy atom. The second-order valence-electron chi connectivity index (χ2n) is 6.70. The van der Waals surface area contributed by atoms with Crippen LogP contribution in [0.25, 0.3) is 11.5 Å². The molecule has 0 saturated carbocycles. The highest BCUT2D eigenvalue weighted by Gasteiger charge is 2.20. The summed E-state index contributed by atoms with van der Waals surface area (Å²) in [6, 6.07) is 8.15. The van der Waals surface area contributed by atoms with Crippen molar-refractivity contribution in [1.29, 1.82) is 0 Å². The first kappa shape index (κ1) is 19.0. The fraction of sp³-hybridized carbons (Fsp3) is 0.500. The van der Waals surface area contributed by atoms with E-state index >= 15 is 0 Å². The van der Waals surface area contributed by atoms with E-state index in [0.717, 1.165) is 49.7 Å². The molecule has 2 heterocycles. The molecule has 3 rings (SSSR count). The first-order valence-electron chi connectivity index (χ1n) is 9.18. The van der Waals surface area contributed by atoms with Crippen LogP contribution in [0.15, 0.2) is 28.7 Å². The minimum absolute atomic E-state index is 0.228. The summed E-state index contributed by atoms with van der Waals surface area (Å²) >= 11 is 1.61. The van der Waals surface area contributed by atoms with Crippen molar-refractivity contribution in [2.24, 2.45) is 0 Å². The lowest BCUT2D eigenvalue weighted by Crippen LogP contribution is -2.49. The fourth-order valence-corrected chi connectivity index (χ4v) is 4.02. The molecule has 1 fully saturated rings. The summed E-state index contributed by atoms with van der Waals surface area (Å²) in [4.78, 5) is 21.4. The lowest BCUT2D eigenvalue weighted by molar-refractivity contribution is -0.130.